The van der Waals surface area contributed by atoms with Gasteiger partial charge in [0.15, 0.2) is 0 Å². The Bertz CT molecular complexity index is 729. The van der Waals surface area contributed by atoms with Crippen LogP contribution in [-0.4, -0.2) is 45.6 Å². The quantitative estimate of drug-likeness (QED) is 0.812. The van der Waals surface area contributed by atoms with Gasteiger partial charge in [-0.1, -0.05) is 6.42 Å². The molecule has 0 N–H and O–H groups in total. The average Bonchev–Trinajstić information content (AvgIpc) is 3.20. The minimum Gasteiger partial charge on any atom is -0.441 e. The lowest BCUT2D eigenvalue weighted by atomic mass is 9.85. The van der Waals surface area contributed by atoms with E-state index in [1.54, 1.807) is 11.8 Å². The molecule has 0 bridgehead atoms. The van der Waals surface area contributed by atoms with E-state index in [0.29, 0.717) is 18.2 Å². The first-order chi connectivity index (χ1) is 12.5. The number of anilines is 1. The highest BCUT2D eigenvalue weighted by Crippen LogP contribution is 2.39. The van der Waals surface area contributed by atoms with Crippen molar-refractivity contribution in [3.8, 4) is 0 Å². The zero-order valence-corrected chi connectivity index (χ0v) is 15.5. The molecule has 2 amide bonds. The van der Waals surface area contributed by atoms with Crippen molar-refractivity contribution < 1.29 is 14.3 Å². The molecule has 3 aliphatic rings. The Hall–Kier alpha value is -2.18. The second-order valence-electron chi connectivity index (χ2n) is 7.77. The molecule has 1 spiro atoms. The van der Waals surface area contributed by atoms with Gasteiger partial charge in [-0.15, -0.1) is 0 Å². The maximum absolute atomic E-state index is 12.5. The van der Waals surface area contributed by atoms with Gasteiger partial charge in [0.25, 0.3) is 0 Å². The van der Waals surface area contributed by atoms with E-state index in [1.807, 2.05) is 17.9 Å². The van der Waals surface area contributed by atoms with E-state index in [1.165, 1.54) is 6.42 Å². The Morgan fingerprint density at radius 1 is 1.23 bits per heavy atom. The van der Waals surface area contributed by atoms with Crippen LogP contribution in [0.4, 0.5) is 10.6 Å². The number of carbonyl (C=O) groups is 2. The number of carbonyl (C=O) groups excluding carboxylic acids is 2. The molecule has 1 atom stereocenters. The zero-order chi connectivity index (χ0) is 18.3. The van der Waals surface area contributed by atoms with E-state index >= 15 is 0 Å². The molecule has 2 aliphatic heterocycles. The summed E-state index contributed by atoms with van der Waals surface area (Å²) in [5.41, 5.74) is 0.463. The molecular weight excluding hydrogens is 332 g/mol. The summed E-state index contributed by atoms with van der Waals surface area (Å²) >= 11 is 0. The van der Waals surface area contributed by atoms with Gasteiger partial charge < -0.3 is 9.64 Å². The molecule has 7 nitrogen and oxygen atoms in total. The lowest BCUT2D eigenvalue weighted by Gasteiger charge is -2.30. The molecule has 26 heavy (non-hydrogen) atoms. The monoisotopic (exact) mass is 358 g/mol. The summed E-state index contributed by atoms with van der Waals surface area (Å²) in [7, 11) is 0. The van der Waals surface area contributed by atoms with Crippen molar-refractivity contribution in [2.24, 2.45) is 0 Å². The Labute approximate surface area is 153 Å². The van der Waals surface area contributed by atoms with Crippen molar-refractivity contribution in [3.63, 3.8) is 0 Å². The third kappa shape index (κ3) is 3.04. The Morgan fingerprint density at radius 3 is 2.73 bits per heavy atom. The number of nitrogens with zero attached hydrogens (tertiary/aromatic N) is 4. The maximum Gasteiger partial charge on any atom is 0.416 e. The molecule has 1 aromatic rings. The van der Waals surface area contributed by atoms with Crippen LogP contribution in [0.1, 0.15) is 69.4 Å². The summed E-state index contributed by atoms with van der Waals surface area (Å²) < 4.78 is 5.78. The molecule has 0 aromatic carbocycles. The minimum atomic E-state index is -0.354. The smallest absolute Gasteiger partial charge is 0.416 e. The van der Waals surface area contributed by atoms with Crippen LogP contribution in [-0.2, 0) is 9.53 Å². The average molecular weight is 358 g/mol. The second kappa shape index (κ2) is 6.52. The molecular formula is C19H26N4O3. The van der Waals surface area contributed by atoms with E-state index in [0.717, 1.165) is 50.8 Å². The van der Waals surface area contributed by atoms with Crippen LogP contribution in [0.5, 0.6) is 0 Å². The maximum atomic E-state index is 12.5. The molecule has 4 rings (SSSR count). The standard InChI is InChI=1S/C19H26N4O3/c1-13-20-15(16-7-6-10-22(16)14(2)24)11-17(21-13)23-12-19(26-18(23)25)8-4-3-5-9-19/h11,16H,3-10,12H2,1-2H3. The van der Waals surface area contributed by atoms with E-state index < -0.39 is 0 Å². The number of likely N-dealkylation sites (tertiary alicyclic amines) is 1. The van der Waals surface area contributed by atoms with Crippen molar-refractivity contribution >= 4 is 17.8 Å². The SMILES string of the molecule is CC(=O)N1CCCC1c1cc(N2CC3(CCCCC3)OC2=O)nc(C)n1. The predicted octanol–water partition coefficient (Wildman–Crippen LogP) is 3.13. The fraction of sp³-hybridized carbons (Fsp3) is 0.684. The summed E-state index contributed by atoms with van der Waals surface area (Å²) in [5.74, 6) is 1.27. The number of hydrogen-bond donors (Lipinski definition) is 0. The number of rotatable bonds is 2. The highest BCUT2D eigenvalue weighted by atomic mass is 16.6. The third-order valence-electron chi connectivity index (χ3n) is 5.85. The molecule has 1 aromatic heterocycles. The largest absolute Gasteiger partial charge is 0.441 e. The first kappa shape index (κ1) is 17.2. The van der Waals surface area contributed by atoms with Gasteiger partial charge in [0.05, 0.1) is 18.3 Å². The van der Waals surface area contributed by atoms with E-state index in [4.69, 9.17) is 4.74 Å². The normalized spacial score (nSPS) is 25.0. The van der Waals surface area contributed by atoms with Crippen LogP contribution in [0.15, 0.2) is 6.07 Å². The van der Waals surface area contributed by atoms with E-state index in [-0.39, 0.29) is 23.6 Å². The molecule has 3 fully saturated rings. The van der Waals surface area contributed by atoms with Gasteiger partial charge in [0, 0.05) is 19.5 Å². The number of hydrogen-bond acceptors (Lipinski definition) is 5. The Kier molecular flexibility index (Phi) is 4.32. The molecule has 1 saturated carbocycles. The van der Waals surface area contributed by atoms with Gasteiger partial charge in [0.1, 0.15) is 17.2 Å². The lowest BCUT2D eigenvalue weighted by molar-refractivity contribution is -0.129. The van der Waals surface area contributed by atoms with Gasteiger partial charge in [-0.2, -0.15) is 0 Å². The van der Waals surface area contributed by atoms with Crippen LogP contribution < -0.4 is 4.90 Å². The number of amides is 2. The van der Waals surface area contributed by atoms with E-state index in [2.05, 4.69) is 9.97 Å². The first-order valence-corrected chi connectivity index (χ1v) is 9.61. The molecule has 3 heterocycles. The van der Waals surface area contributed by atoms with Gasteiger partial charge in [-0.05, 0) is 45.4 Å². The highest BCUT2D eigenvalue weighted by Gasteiger charge is 2.46. The number of ether oxygens (including phenoxy) is 1. The summed E-state index contributed by atoms with van der Waals surface area (Å²) in [4.78, 5) is 37.0. The molecule has 1 unspecified atom stereocenters. The molecule has 2 saturated heterocycles. The minimum absolute atomic E-state index is 0.0322. The summed E-state index contributed by atoms with van der Waals surface area (Å²) in [6, 6.07) is 1.83. The van der Waals surface area contributed by atoms with E-state index in [9.17, 15) is 9.59 Å². The topological polar surface area (TPSA) is 75.6 Å². The summed E-state index contributed by atoms with van der Waals surface area (Å²) in [5, 5.41) is 0. The third-order valence-corrected chi connectivity index (χ3v) is 5.85. The van der Waals surface area contributed by atoms with Crippen molar-refractivity contribution in [1.82, 2.24) is 14.9 Å². The molecule has 7 heteroatoms. The summed E-state index contributed by atoms with van der Waals surface area (Å²) in [6.07, 6.45) is 6.81. The van der Waals surface area contributed by atoms with Crippen molar-refractivity contribution in [3.05, 3.63) is 17.6 Å². The Morgan fingerprint density at radius 2 is 2.00 bits per heavy atom. The first-order valence-electron chi connectivity index (χ1n) is 9.61. The zero-order valence-electron chi connectivity index (χ0n) is 15.5. The highest BCUT2D eigenvalue weighted by molar-refractivity contribution is 5.89. The fourth-order valence-corrected chi connectivity index (χ4v) is 4.59. The van der Waals surface area contributed by atoms with Gasteiger partial charge in [0.2, 0.25) is 5.91 Å². The molecule has 0 radical (unpaired) electrons. The fourth-order valence-electron chi connectivity index (χ4n) is 4.59. The van der Waals surface area contributed by atoms with Crippen LogP contribution in [0, 0.1) is 6.92 Å². The predicted molar refractivity (Wildman–Crippen MR) is 95.8 cm³/mol. The van der Waals surface area contributed by atoms with Crippen LogP contribution in [0.3, 0.4) is 0 Å². The molecule has 1 aliphatic carbocycles. The van der Waals surface area contributed by atoms with Gasteiger partial charge in [-0.25, -0.2) is 14.8 Å². The van der Waals surface area contributed by atoms with Crippen molar-refractivity contribution in [1.29, 1.82) is 0 Å². The molecule has 140 valence electrons. The lowest BCUT2D eigenvalue weighted by Crippen LogP contribution is -2.37. The number of aromatic nitrogens is 2. The second-order valence-corrected chi connectivity index (χ2v) is 7.77. The van der Waals surface area contributed by atoms with Gasteiger partial charge in [-0.3, -0.25) is 9.69 Å². The van der Waals surface area contributed by atoms with Crippen LogP contribution in [0.2, 0.25) is 0 Å². The van der Waals surface area contributed by atoms with Crippen molar-refractivity contribution in [2.45, 2.75) is 70.4 Å². The summed E-state index contributed by atoms with van der Waals surface area (Å²) in [6.45, 7) is 4.74. The van der Waals surface area contributed by atoms with Crippen LogP contribution in [0.25, 0.3) is 0 Å². The Balaban J connectivity index is 1.62. The van der Waals surface area contributed by atoms with Gasteiger partial charge >= 0.3 is 6.09 Å². The van der Waals surface area contributed by atoms with Crippen molar-refractivity contribution in [2.75, 3.05) is 18.0 Å². The van der Waals surface area contributed by atoms with Crippen LogP contribution >= 0.6 is 0 Å². The number of aryl methyl sites for hydroxylation is 1.